The number of carbonyl (C=O) groups is 1. The highest BCUT2D eigenvalue weighted by molar-refractivity contribution is 5.93. The van der Waals surface area contributed by atoms with Crippen LogP contribution in [-0.4, -0.2) is 30.4 Å². The molecule has 2 aromatic heterocycles. The van der Waals surface area contributed by atoms with Gasteiger partial charge in [-0.1, -0.05) is 29.8 Å². The standard InChI is InChI=1S/C17H18N6O3/c1-12-4-3-5-14(6-12)9-21-10-15(7-18-21)20-17(24)13(2)22-11-16(8-19-22)23(25)26/h3-8,10-11,13H,9H2,1-2H3,(H,20,24). The van der Waals surface area contributed by atoms with Gasteiger partial charge in [0.25, 0.3) is 0 Å². The lowest BCUT2D eigenvalue weighted by molar-refractivity contribution is -0.385. The molecule has 26 heavy (non-hydrogen) atoms. The third-order valence-corrected chi connectivity index (χ3v) is 3.90. The van der Waals surface area contributed by atoms with Gasteiger partial charge in [0.05, 0.1) is 23.4 Å². The lowest BCUT2D eigenvalue weighted by Crippen LogP contribution is -2.23. The third-order valence-electron chi connectivity index (χ3n) is 3.90. The summed E-state index contributed by atoms with van der Waals surface area (Å²) in [6.45, 7) is 4.24. The summed E-state index contributed by atoms with van der Waals surface area (Å²) in [5.41, 5.74) is 2.68. The molecule has 1 atom stereocenters. The maximum atomic E-state index is 12.3. The van der Waals surface area contributed by atoms with E-state index in [1.807, 2.05) is 25.1 Å². The smallest absolute Gasteiger partial charge is 0.307 e. The van der Waals surface area contributed by atoms with Crippen molar-refractivity contribution >= 4 is 17.3 Å². The molecule has 1 N–H and O–H groups in total. The van der Waals surface area contributed by atoms with Gasteiger partial charge in [0.1, 0.15) is 18.4 Å². The van der Waals surface area contributed by atoms with E-state index in [0.717, 1.165) is 11.8 Å². The predicted molar refractivity (Wildman–Crippen MR) is 94.7 cm³/mol. The topological polar surface area (TPSA) is 108 Å². The van der Waals surface area contributed by atoms with Crippen LogP contribution in [0.15, 0.2) is 49.1 Å². The van der Waals surface area contributed by atoms with Gasteiger partial charge in [0.15, 0.2) is 0 Å². The van der Waals surface area contributed by atoms with Crippen LogP contribution in [0.1, 0.15) is 24.1 Å². The van der Waals surface area contributed by atoms with Crippen LogP contribution in [0.5, 0.6) is 0 Å². The molecule has 0 fully saturated rings. The molecule has 3 aromatic rings. The number of carbonyl (C=O) groups excluding carboxylic acids is 1. The Morgan fingerprint density at radius 1 is 1.31 bits per heavy atom. The van der Waals surface area contributed by atoms with E-state index in [1.54, 1.807) is 24.0 Å². The number of benzene rings is 1. The molecule has 1 aromatic carbocycles. The van der Waals surface area contributed by atoms with Crippen LogP contribution in [0.25, 0.3) is 0 Å². The first-order valence-electron chi connectivity index (χ1n) is 8.00. The zero-order chi connectivity index (χ0) is 18.7. The van der Waals surface area contributed by atoms with Crippen molar-refractivity contribution in [3.63, 3.8) is 0 Å². The second-order valence-electron chi connectivity index (χ2n) is 6.02. The van der Waals surface area contributed by atoms with Gasteiger partial charge >= 0.3 is 5.69 Å². The molecule has 3 rings (SSSR count). The van der Waals surface area contributed by atoms with E-state index in [1.165, 1.54) is 16.4 Å². The van der Waals surface area contributed by atoms with E-state index in [4.69, 9.17) is 0 Å². The molecule has 2 heterocycles. The third kappa shape index (κ3) is 3.94. The summed E-state index contributed by atoms with van der Waals surface area (Å²) in [4.78, 5) is 22.5. The highest BCUT2D eigenvalue weighted by Crippen LogP contribution is 2.15. The van der Waals surface area contributed by atoms with Crippen molar-refractivity contribution in [3.05, 3.63) is 70.3 Å². The van der Waals surface area contributed by atoms with Crippen LogP contribution in [-0.2, 0) is 11.3 Å². The Hall–Kier alpha value is -3.49. The Labute approximate surface area is 149 Å². The Bertz CT molecular complexity index is 945. The van der Waals surface area contributed by atoms with Crippen molar-refractivity contribution in [2.45, 2.75) is 26.4 Å². The summed E-state index contributed by atoms with van der Waals surface area (Å²) in [5.74, 6) is -0.335. The summed E-state index contributed by atoms with van der Waals surface area (Å²) in [5, 5.41) is 21.6. The molecule has 0 aliphatic rings. The van der Waals surface area contributed by atoms with Crippen LogP contribution in [0.3, 0.4) is 0 Å². The monoisotopic (exact) mass is 354 g/mol. The van der Waals surface area contributed by atoms with Crippen LogP contribution in [0.2, 0.25) is 0 Å². The zero-order valence-electron chi connectivity index (χ0n) is 14.4. The van der Waals surface area contributed by atoms with Crippen LogP contribution < -0.4 is 5.32 Å². The number of anilines is 1. The minimum Gasteiger partial charge on any atom is -0.322 e. The molecule has 0 saturated heterocycles. The molecule has 0 bridgehead atoms. The van der Waals surface area contributed by atoms with Crippen molar-refractivity contribution in [2.24, 2.45) is 0 Å². The van der Waals surface area contributed by atoms with E-state index in [0.29, 0.717) is 12.2 Å². The highest BCUT2D eigenvalue weighted by Gasteiger charge is 2.19. The quantitative estimate of drug-likeness (QED) is 0.540. The second-order valence-corrected chi connectivity index (χ2v) is 6.02. The average Bonchev–Trinajstić information content (AvgIpc) is 3.24. The summed E-state index contributed by atoms with van der Waals surface area (Å²) in [6.07, 6.45) is 5.64. The maximum absolute atomic E-state index is 12.3. The molecule has 1 amide bonds. The molecule has 0 radical (unpaired) electrons. The van der Waals surface area contributed by atoms with E-state index < -0.39 is 11.0 Å². The van der Waals surface area contributed by atoms with Gasteiger partial charge < -0.3 is 5.32 Å². The minimum atomic E-state index is -0.691. The molecule has 1 unspecified atom stereocenters. The number of aryl methyl sites for hydroxylation is 1. The zero-order valence-corrected chi connectivity index (χ0v) is 14.4. The SMILES string of the molecule is Cc1cccc(Cn2cc(NC(=O)C(C)n3cc([N+](=O)[O-])cn3)cn2)c1. The van der Waals surface area contributed by atoms with E-state index in [-0.39, 0.29) is 11.6 Å². The van der Waals surface area contributed by atoms with Crippen molar-refractivity contribution in [3.8, 4) is 0 Å². The van der Waals surface area contributed by atoms with E-state index in [9.17, 15) is 14.9 Å². The van der Waals surface area contributed by atoms with Crippen LogP contribution in [0.4, 0.5) is 11.4 Å². The van der Waals surface area contributed by atoms with Gasteiger partial charge in [-0.05, 0) is 19.4 Å². The Morgan fingerprint density at radius 3 is 2.81 bits per heavy atom. The molecule has 0 aliphatic heterocycles. The first-order chi connectivity index (χ1) is 12.4. The van der Waals surface area contributed by atoms with E-state index >= 15 is 0 Å². The fourth-order valence-electron chi connectivity index (χ4n) is 2.51. The van der Waals surface area contributed by atoms with Gasteiger partial charge in [-0.3, -0.25) is 24.3 Å². The van der Waals surface area contributed by atoms with Crippen LogP contribution in [0, 0.1) is 17.0 Å². The Kier molecular flexibility index (Phi) is 4.78. The Balaban J connectivity index is 1.64. The lowest BCUT2D eigenvalue weighted by atomic mass is 10.1. The summed E-state index contributed by atoms with van der Waals surface area (Å²) in [7, 11) is 0. The Morgan fingerprint density at radius 2 is 2.12 bits per heavy atom. The second kappa shape index (κ2) is 7.18. The molecular weight excluding hydrogens is 336 g/mol. The molecular formula is C17H18N6O3. The minimum absolute atomic E-state index is 0.157. The highest BCUT2D eigenvalue weighted by atomic mass is 16.6. The van der Waals surface area contributed by atoms with Crippen molar-refractivity contribution in [1.29, 1.82) is 0 Å². The number of nitro groups is 1. The average molecular weight is 354 g/mol. The lowest BCUT2D eigenvalue weighted by Gasteiger charge is -2.10. The van der Waals surface area contributed by atoms with Gasteiger partial charge in [-0.2, -0.15) is 10.2 Å². The maximum Gasteiger partial charge on any atom is 0.307 e. The molecule has 9 nitrogen and oxygen atoms in total. The molecule has 134 valence electrons. The van der Waals surface area contributed by atoms with Gasteiger partial charge in [0, 0.05) is 6.20 Å². The largest absolute Gasteiger partial charge is 0.322 e. The summed E-state index contributed by atoms with van der Waals surface area (Å²) in [6, 6.07) is 7.41. The van der Waals surface area contributed by atoms with Crippen molar-refractivity contribution in [1.82, 2.24) is 19.6 Å². The normalized spacial score (nSPS) is 11.9. The number of aromatic nitrogens is 4. The van der Waals surface area contributed by atoms with Crippen LogP contribution >= 0.6 is 0 Å². The number of hydrogen-bond acceptors (Lipinski definition) is 5. The van der Waals surface area contributed by atoms with Gasteiger partial charge in [0.2, 0.25) is 5.91 Å². The fourth-order valence-corrected chi connectivity index (χ4v) is 2.51. The first kappa shape index (κ1) is 17.3. The summed E-state index contributed by atoms with van der Waals surface area (Å²) >= 11 is 0. The number of rotatable bonds is 6. The predicted octanol–water partition coefficient (Wildman–Crippen LogP) is 2.54. The van der Waals surface area contributed by atoms with E-state index in [2.05, 4.69) is 21.6 Å². The number of nitrogens with one attached hydrogen (secondary N) is 1. The fraction of sp³-hybridized carbons (Fsp3) is 0.235. The molecule has 0 spiro atoms. The van der Waals surface area contributed by atoms with Gasteiger partial charge in [-0.25, -0.2) is 0 Å². The van der Waals surface area contributed by atoms with Crippen molar-refractivity contribution < 1.29 is 9.72 Å². The molecule has 9 heteroatoms. The van der Waals surface area contributed by atoms with Crippen molar-refractivity contribution in [2.75, 3.05) is 5.32 Å². The van der Waals surface area contributed by atoms with Gasteiger partial charge in [-0.15, -0.1) is 0 Å². The summed E-state index contributed by atoms with van der Waals surface area (Å²) < 4.78 is 2.98. The number of amides is 1. The number of nitrogens with zero attached hydrogens (tertiary/aromatic N) is 5. The molecule has 0 aliphatic carbocycles. The first-order valence-corrected chi connectivity index (χ1v) is 8.00. The number of hydrogen-bond donors (Lipinski definition) is 1. The molecule has 0 saturated carbocycles.